The molecule has 2 atom stereocenters. The minimum Gasteiger partial charge on any atom is -0.366 e. The van der Waals surface area contributed by atoms with Gasteiger partial charge in [0.25, 0.3) is 0 Å². The molecule has 2 unspecified atom stereocenters. The van der Waals surface area contributed by atoms with Gasteiger partial charge in [-0.05, 0) is 30.0 Å². The molecule has 1 aliphatic rings. The quantitative estimate of drug-likeness (QED) is 0.907. The lowest BCUT2D eigenvalue weighted by Gasteiger charge is -2.04. The average molecular weight is 333 g/mol. The van der Waals surface area contributed by atoms with Gasteiger partial charge in [0.2, 0.25) is 11.3 Å². The molecule has 1 amide bonds. The fraction of sp³-hybridized carbons (Fsp3) is 0.200. The molecule has 2 aromatic rings. The van der Waals surface area contributed by atoms with E-state index in [1.165, 1.54) is 12.3 Å². The van der Waals surface area contributed by atoms with E-state index < -0.39 is 0 Å². The van der Waals surface area contributed by atoms with E-state index in [0.717, 1.165) is 16.5 Å². The molecule has 1 aromatic heterocycles. The van der Waals surface area contributed by atoms with Gasteiger partial charge in [0.15, 0.2) is 0 Å². The number of amides is 1. The highest BCUT2D eigenvalue weighted by Gasteiger charge is 2.43. The Morgan fingerprint density at radius 1 is 1.25 bits per heavy atom. The van der Waals surface area contributed by atoms with Crippen molar-refractivity contribution in [3.05, 3.63) is 63.0 Å². The Morgan fingerprint density at radius 2 is 2.00 bits per heavy atom. The van der Waals surface area contributed by atoms with Crippen LogP contribution in [0.15, 0.2) is 52.0 Å². The number of halogens is 1. The van der Waals surface area contributed by atoms with Gasteiger partial charge in [-0.3, -0.25) is 9.59 Å². The van der Waals surface area contributed by atoms with Crippen LogP contribution in [0.3, 0.4) is 0 Å². The summed E-state index contributed by atoms with van der Waals surface area (Å²) in [6, 6.07) is 9.40. The molecule has 1 aromatic carbocycles. The topological polar surface area (TPSA) is 62.0 Å². The zero-order chi connectivity index (χ0) is 14.1. The van der Waals surface area contributed by atoms with Gasteiger partial charge in [0.1, 0.15) is 5.69 Å². The first-order valence-electron chi connectivity index (χ1n) is 6.38. The lowest BCUT2D eigenvalue weighted by atomic mass is 10.1. The zero-order valence-corrected chi connectivity index (χ0v) is 12.2. The highest BCUT2D eigenvalue weighted by Crippen LogP contribution is 2.48. The van der Waals surface area contributed by atoms with Crippen LogP contribution in [0.4, 0.5) is 5.69 Å². The molecule has 3 rings (SSSR count). The maximum atomic E-state index is 12.1. The van der Waals surface area contributed by atoms with Crippen LogP contribution in [-0.2, 0) is 4.79 Å². The van der Waals surface area contributed by atoms with Crippen molar-refractivity contribution in [2.75, 3.05) is 5.32 Å². The van der Waals surface area contributed by atoms with Crippen LogP contribution in [0.25, 0.3) is 0 Å². The van der Waals surface area contributed by atoms with Crippen LogP contribution in [-0.4, -0.2) is 10.9 Å². The number of anilines is 1. The number of H-pyrrole nitrogens is 1. The summed E-state index contributed by atoms with van der Waals surface area (Å²) in [6.45, 7) is 0. The van der Waals surface area contributed by atoms with Crippen molar-refractivity contribution in [2.24, 2.45) is 5.92 Å². The van der Waals surface area contributed by atoms with Crippen LogP contribution in [0.5, 0.6) is 0 Å². The summed E-state index contributed by atoms with van der Waals surface area (Å²) < 4.78 is 1.03. The Labute approximate surface area is 124 Å². The van der Waals surface area contributed by atoms with Crippen molar-refractivity contribution in [2.45, 2.75) is 12.3 Å². The second-order valence-corrected chi connectivity index (χ2v) is 5.83. The molecule has 0 spiro atoms. The molecule has 1 heterocycles. The van der Waals surface area contributed by atoms with Crippen molar-refractivity contribution < 1.29 is 4.79 Å². The van der Waals surface area contributed by atoms with Crippen molar-refractivity contribution >= 4 is 27.5 Å². The first kappa shape index (κ1) is 13.1. The maximum absolute atomic E-state index is 12.1. The lowest BCUT2D eigenvalue weighted by molar-refractivity contribution is -0.117. The largest absolute Gasteiger partial charge is 0.366 e. The SMILES string of the molecule is O=C(Nc1c[nH]ccc1=O)C1CC1c1ccc(Br)cc1. The predicted molar refractivity (Wildman–Crippen MR) is 80.7 cm³/mol. The van der Waals surface area contributed by atoms with Gasteiger partial charge in [-0.25, -0.2) is 0 Å². The molecular weight excluding hydrogens is 320 g/mol. The van der Waals surface area contributed by atoms with Gasteiger partial charge in [0, 0.05) is 28.9 Å². The Kier molecular flexibility index (Phi) is 3.44. The molecule has 0 saturated heterocycles. The molecule has 0 bridgehead atoms. The fourth-order valence-electron chi connectivity index (χ4n) is 2.30. The first-order chi connectivity index (χ1) is 9.65. The zero-order valence-electron chi connectivity index (χ0n) is 10.6. The van der Waals surface area contributed by atoms with E-state index >= 15 is 0 Å². The van der Waals surface area contributed by atoms with Gasteiger partial charge >= 0.3 is 0 Å². The number of hydrogen-bond donors (Lipinski definition) is 2. The van der Waals surface area contributed by atoms with Gasteiger partial charge in [0.05, 0.1) is 0 Å². The lowest BCUT2D eigenvalue weighted by Crippen LogP contribution is -2.19. The van der Waals surface area contributed by atoms with Crippen molar-refractivity contribution in [1.82, 2.24) is 4.98 Å². The summed E-state index contributed by atoms with van der Waals surface area (Å²) in [5.74, 6) is 0.122. The van der Waals surface area contributed by atoms with Gasteiger partial charge in [-0.15, -0.1) is 0 Å². The highest BCUT2D eigenvalue weighted by molar-refractivity contribution is 9.10. The number of carbonyl (C=O) groups is 1. The standard InChI is InChI=1S/C15H13BrN2O2/c16-10-3-1-9(2-4-10)11-7-12(11)15(20)18-13-8-17-6-5-14(13)19/h1-6,8,11-12H,7H2,(H,17,19)(H,18,20). The van der Waals surface area contributed by atoms with Crippen molar-refractivity contribution in [1.29, 1.82) is 0 Å². The number of hydrogen-bond acceptors (Lipinski definition) is 2. The Balaban J connectivity index is 1.67. The summed E-state index contributed by atoms with van der Waals surface area (Å²) in [5.41, 5.74) is 1.28. The van der Waals surface area contributed by atoms with Crippen LogP contribution >= 0.6 is 15.9 Å². The van der Waals surface area contributed by atoms with Crippen molar-refractivity contribution in [3.63, 3.8) is 0 Å². The van der Waals surface area contributed by atoms with Crippen molar-refractivity contribution in [3.8, 4) is 0 Å². The third-order valence-electron chi connectivity index (χ3n) is 3.51. The number of benzene rings is 1. The minimum absolute atomic E-state index is 0.0456. The minimum atomic E-state index is -0.182. The summed E-state index contributed by atoms with van der Waals surface area (Å²) >= 11 is 3.39. The Morgan fingerprint density at radius 3 is 2.70 bits per heavy atom. The number of nitrogens with one attached hydrogen (secondary N) is 2. The molecule has 5 heteroatoms. The molecule has 2 N–H and O–H groups in total. The molecule has 102 valence electrons. The molecule has 0 radical (unpaired) electrons. The van der Waals surface area contributed by atoms with E-state index in [0.29, 0.717) is 5.69 Å². The van der Waals surface area contributed by atoms with E-state index in [9.17, 15) is 9.59 Å². The third kappa shape index (κ3) is 2.67. The number of aromatic nitrogens is 1. The van der Waals surface area contributed by atoms with Gasteiger partial charge < -0.3 is 10.3 Å². The van der Waals surface area contributed by atoms with E-state index in [4.69, 9.17) is 0 Å². The first-order valence-corrected chi connectivity index (χ1v) is 7.18. The summed E-state index contributed by atoms with van der Waals surface area (Å²) in [5, 5.41) is 2.69. The third-order valence-corrected chi connectivity index (χ3v) is 4.04. The van der Waals surface area contributed by atoms with E-state index in [-0.39, 0.29) is 23.2 Å². The second kappa shape index (κ2) is 5.25. The second-order valence-electron chi connectivity index (χ2n) is 4.91. The molecule has 1 fully saturated rings. The van der Waals surface area contributed by atoms with Crippen LogP contribution in [0.2, 0.25) is 0 Å². The predicted octanol–water partition coefficient (Wildman–Crippen LogP) is 2.88. The highest BCUT2D eigenvalue weighted by atomic mass is 79.9. The van der Waals surface area contributed by atoms with Gasteiger partial charge in [-0.1, -0.05) is 28.1 Å². The molecule has 4 nitrogen and oxygen atoms in total. The van der Waals surface area contributed by atoms with Gasteiger partial charge in [-0.2, -0.15) is 0 Å². The number of rotatable bonds is 3. The maximum Gasteiger partial charge on any atom is 0.228 e. The molecule has 0 aliphatic heterocycles. The Hall–Kier alpha value is -1.88. The molecular formula is C15H13BrN2O2. The monoisotopic (exact) mass is 332 g/mol. The van der Waals surface area contributed by atoms with E-state index in [1.807, 2.05) is 24.3 Å². The summed E-state index contributed by atoms with van der Waals surface area (Å²) in [6.07, 6.45) is 3.88. The molecule has 1 aliphatic carbocycles. The average Bonchev–Trinajstić information content (AvgIpc) is 3.23. The Bertz CT molecular complexity index is 694. The number of pyridine rings is 1. The van der Waals surface area contributed by atoms with Crippen LogP contribution in [0, 0.1) is 5.92 Å². The van der Waals surface area contributed by atoms with Crippen LogP contribution in [0.1, 0.15) is 17.9 Å². The summed E-state index contributed by atoms with van der Waals surface area (Å²) in [7, 11) is 0. The molecule has 20 heavy (non-hydrogen) atoms. The van der Waals surface area contributed by atoms with E-state index in [1.54, 1.807) is 6.20 Å². The number of aromatic amines is 1. The normalized spacial score (nSPS) is 20.4. The van der Waals surface area contributed by atoms with E-state index in [2.05, 4.69) is 26.2 Å². The fourth-order valence-corrected chi connectivity index (χ4v) is 2.57. The molecule has 1 saturated carbocycles. The van der Waals surface area contributed by atoms with Crippen LogP contribution < -0.4 is 10.7 Å². The summed E-state index contributed by atoms with van der Waals surface area (Å²) in [4.78, 5) is 26.4. The smallest absolute Gasteiger partial charge is 0.228 e. The number of carbonyl (C=O) groups excluding carboxylic acids is 1.